The van der Waals surface area contributed by atoms with Crippen LogP contribution < -0.4 is 5.32 Å². The molecule has 1 aliphatic heterocycles. The molecule has 0 atom stereocenters. The van der Waals surface area contributed by atoms with Crippen molar-refractivity contribution in [3.8, 4) is 0 Å². The van der Waals surface area contributed by atoms with Gasteiger partial charge in [-0.05, 0) is 25.9 Å². The summed E-state index contributed by atoms with van der Waals surface area (Å²) in [4.78, 5) is 22.4. The quantitative estimate of drug-likeness (QED) is 0.592. The molecular weight excluding hydrogens is 266 g/mol. The number of aliphatic imine (C=N–C) groups is 1. The van der Waals surface area contributed by atoms with E-state index in [1.807, 2.05) is 38.0 Å². The molecule has 6 heteroatoms. The van der Waals surface area contributed by atoms with Crippen LogP contribution in [0.4, 0.5) is 0 Å². The van der Waals surface area contributed by atoms with Crippen molar-refractivity contribution in [2.24, 2.45) is 4.99 Å². The summed E-state index contributed by atoms with van der Waals surface area (Å²) in [5.74, 6) is 0.795. The van der Waals surface area contributed by atoms with E-state index in [-0.39, 0.29) is 12.5 Å². The second-order valence-electron chi connectivity index (χ2n) is 6.01. The van der Waals surface area contributed by atoms with Crippen LogP contribution in [0.25, 0.3) is 0 Å². The van der Waals surface area contributed by atoms with Crippen molar-refractivity contribution in [2.45, 2.75) is 25.7 Å². The summed E-state index contributed by atoms with van der Waals surface area (Å²) in [6.45, 7) is 4.18. The van der Waals surface area contributed by atoms with E-state index >= 15 is 0 Å². The predicted molar refractivity (Wildman–Crippen MR) is 87.6 cm³/mol. The Morgan fingerprint density at radius 1 is 1.05 bits per heavy atom. The van der Waals surface area contributed by atoms with Crippen molar-refractivity contribution in [3.63, 3.8) is 0 Å². The van der Waals surface area contributed by atoms with Crippen LogP contribution in [0.15, 0.2) is 4.99 Å². The molecule has 21 heavy (non-hydrogen) atoms. The normalized spacial score (nSPS) is 16.0. The molecule has 1 N–H and O–H groups in total. The van der Waals surface area contributed by atoms with E-state index in [4.69, 9.17) is 0 Å². The van der Waals surface area contributed by atoms with Crippen molar-refractivity contribution < 1.29 is 4.79 Å². The van der Waals surface area contributed by atoms with E-state index in [0.717, 1.165) is 12.5 Å². The van der Waals surface area contributed by atoms with Gasteiger partial charge >= 0.3 is 0 Å². The van der Waals surface area contributed by atoms with Gasteiger partial charge in [0.2, 0.25) is 5.91 Å². The minimum Gasteiger partial charge on any atom is -0.353 e. The van der Waals surface area contributed by atoms with Gasteiger partial charge in [0, 0.05) is 41.3 Å². The van der Waals surface area contributed by atoms with Gasteiger partial charge in [0.25, 0.3) is 0 Å². The Morgan fingerprint density at radius 3 is 2.14 bits per heavy atom. The molecule has 0 spiro atoms. The minimum atomic E-state index is -0.00831. The van der Waals surface area contributed by atoms with Gasteiger partial charge in [-0.1, -0.05) is 12.8 Å². The van der Waals surface area contributed by atoms with Crippen LogP contribution in [-0.4, -0.2) is 87.5 Å². The van der Waals surface area contributed by atoms with Gasteiger partial charge in [0.1, 0.15) is 6.54 Å². The Kier molecular flexibility index (Phi) is 8.12. The molecule has 1 heterocycles. The smallest absolute Gasteiger partial charge is 0.241 e. The number of guanidine groups is 1. The van der Waals surface area contributed by atoms with E-state index in [0.29, 0.717) is 6.54 Å². The average molecular weight is 297 g/mol. The lowest BCUT2D eigenvalue weighted by Crippen LogP contribution is -2.38. The largest absolute Gasteiger partial charge is 0.353 e. The summed E-state index contributed by atoms with van der Waals surface area (Å²) in [6, 6.07) is 0. The molecule has 122 valence electrons. The summed E-state index contributed by atoms with van der Waals surface area (Å²) >= 11 is 0. The Morgan fingerprint density at radius 2 is 1.62 bits per heavy atom. The highest BCUT2D eigenvalue weighted by Gasteiger charge is 2.09. The van der Waals surface area contributed by atoms with Crippen LogP contribution in [0.3, 0.4) is 0 Å². The molecule has 0 radical (unpaired) electrons. The molecule has 1 rings (SSSR count). The second-order valence-corrected chi connectivity index (χ2v) is 6.01. The van der Waals surface area contributed by atoms with Gasteiger partial charge in [-0.15, -0.1) is 0 Å². The number of carbonyl (C=O) groups excluding carboxylic acids is 1. The van der Waals surface area contributed by atoms with E-state index < -0.39 is 0 Å². The number of likely N-dealkylation sites (tertiary alicyclic amines) is 1. The first-order chi connectivity index (χ1) is 10.0. The lowest BCUT2D eigenvalue weighted by Gasteiger charge is -2.22. The maximum Gasteiger partial charge on any atom is 0.241 e. The lowest BCUT2D eigenvalue weighted by molar-refractivity contribution is -0.119. The monoisotopic (exact) mass is 297 g/mol. The summed E-state index contributed by atoms with van der Waals surface area (Å²) in [7, 11) is 7.71. The Labute approximate surface area is 129 Å². The number of amides is 1. The average Bonchev–Trinajstić information content (AvgIpc) is 2.66. The van der Waals surface area contributed by atoms with Crippen LogP contribution in [0.5, 0.6) is 0 Å². The topological polar surface area (TPSA) is 51.2 Å². The predicted octanol–water partition coefficient (Wildman–Crippen LogP) is 0.458. The number of rotatable bonds is 5. The molecule has 0 aromatic carbocycles. The number of nitrogens with one attached hydrogen (secondary N) is 1. The third kappa shape index (κ3) is 7.32. The van der Waals surface area contributed by atoms with Gasteiger partial charge in [-0.25, -0.2) is 4.99 Å². The first kappa shape index (κ1) is 17.8. The zero-order valence-electron chi connectivity index (χ0n) is 14.1. The maximum atomic E-state index is 11.8. The molecule has 6 nitrogen and oxygen atoms in total. The van der Waals surface area contributed by atoms with Gasteiger partial charge in [0.15, 0.2) is 5.96 Å². The fraction of sp³-hybridized carbons (Fsp3) is 0.867. The molecule has 1 fully saturated rings. The lowest BCUT2D eigenvalue weighted by atomic mass is 10.2. The minimum absolute atomic E-state index is 0.00831. The zero-order valence-corrected chi connectivity index (χ0v) is 14.1. The third-order valence-corrected chi connectivity index (χ3v) is 3.61. The van der Waals surface area contributed by atoms with Crippen LogP contribution in [-0.2, 0) is 4.79 Å². The number of hydrogen-bond donors (Lipinski definition) is 1. The van der Waals surface area contributed by atoms with E-state index in [2.05, 4.69) is 15.2 Å². The van der Waals surface area contributed by atoms with Crippen molar-refractivity contribution in [1.29, 1.82) is 0 Å². The van der Waals surface area contributed by atoms with Gasteiger partial charge < -0.3 is 20.0 Å². The van der Waals surface area contributed by atoms with E-state index in [1.165, 1.54) is 38.8 Å². The standard InChI is InChI=1S/C15H31N5O/c1-18(2)15(19(3)4)17-13-14(21)16-9-12-20-10-7-5-6-8-11-20/h5-13H2,1-4H3,(H,16,21). The molecule has 1 aliphatic rings. The van der Waals surface area contributed by atoms with E-state index in [9.17, 15) is 4.79 Å². The number of hydrogen-bond acceptors (Lipinski definition) is 3. The van der Waals surface area contributed by atoms with Crippen molar-refractivity contribution in [3.05, 3.63) is 0 Å². The Bertz CT molecular complexity index is 323. The fourth-order valence-electron chi connectivity index (χ4n) is 2.59. The maximum absolute atomic E-state index is 11.8. The van der Waals surface area contributed by atoms with Crippen molar-refractivity contribution >= 4 is 11.9 Å². The van der Waals surface area contributed by atoms with Crippen LogP contribution in [0.1, 0.15) is 25.7 Å². The molecule has 0 bridgehead atoms. The zero-order chi connectivity index (χ0) is 15.7. The second kappa shape index (κ2) is 9.60. The van der Waals surface area contributed by atoms with Gasteiger partial charge in [-0.2, -0.15) is 0 Å². The first-order valence-corrected chi connectivity index (χ1v) is 7.89. The van der Waals surface area contributed by atoms with Crippen LogP contribution in [0.2, 0.25) is 0 Å². The number of nitrogens with zero attached hydrogens (tertiary/aromatic N) is 4. The SMILES string of the molecule is CN(C)C(=NCC(=O)NCCN1CCCCCC1)N(C)C. The fourth-order valence-corrected chi connectivity index (χ4v) is 2.59. The van der Waals surface area contributed by atoms with Crippen LogP contribution in [0, 0.1) is 0 Å². The van der Waals surface area contributed by atoms with E-state index in [1.54, 1.807) is 0 Å². The molecule has 1 amide bonds. The molecule has 0 unspecified atom stereocenters. The summed E-state index contributed by atoms with van der Waals surface area (Å²) < 4.78 is 0. The summed E-state index contributed by atoms with van der Waals surface area (Å²) in [5, 5.41) is 2.96. The summed E-state index contributed by atoms with van der Waals surface area (Å²) in [6.07, 6.45) is 5.26. The Hall–Kier alpha value is -1.30. The molecule has 0 saturated carbocycles. The van der Waals surface area contributed by atoms with Crippen molar-refractivity contribution in [2.75, 3.05) is 60.9 Å². The Balaban J connectivity index is 2.25. The highest BCUT2D eigenvalue weighted by Crippen LogP contribution is 2.08. The summed E-state index contributed by atoms with van der Waals surface area (Å²) in [5.41, 5.74) is 0. The molecule has 0 aliphatic carbocycles. The molecule has 1 saturated heterocycles. The van der Waals surface area contributed by atoms with Crippen LogP contribution >= 0.6 is 0 Å². The molecule has 0 aromatic heterocycles. The van der Waals surface area contributed by atoms with Gasteiger partial charge in [-0.3, -0.25) is 4.79 Å². The highest BCUT2D eigenvalue weighted by molar-refractivity contribution is 5.84. The third-order valence-electron chi connectivity index (χ3n) is 3.61. The number of carbonyl (C=O) groups is 1. The van der Waals surface area contributed by atoms with Crippen molar-refractivity contribution in [1.82, 2.24) is 20.0 Å². The molecular formula is C15H31N5O. The van der Waals surface area contributed by atoms with Gasteiger partial charge in [0.05, 0.1) is 0 Å². The molecule has 0 aromatic rings. The highest BCUT2D eigenvalue weighted by atomic mass is 16.1. The first-order valence-electron chi connectivity index (χ1n) is 7.89.